The second-order valence-corrected chi connectivity index (χ2v) is 5.88. The molecule has 1 aliphatic rings. The summed E-state index contributed by atoms with van der Waals surface area (Å²) in [6.45, 7) is 0. The van der Waals surface area contributed by atoms with Crippen LogP contribution in [0.5, 0.6) is 0 Å². The van der Waals surface area contributed by atoms with Crippen LogP contribution in [0.4, 0.5) is 4.39 Å². The molecule has 4 rings (SSSR count). The molecule has 0 aromatic carbocycles. The molecule has 19 heavy (non-hydrogen) atoms. The van der Waals surface area contributed by atoms with E-state index in [-0.39, 0.29) is 5.82 Å². The number of hydrogen-bond acceptors (Lipinski definition) is 3. The zero-order valence-electron chi connectivity index (χ0n) is 10.3. The van der Waals surface area contributed by atoms with E-state index in [1.54, 1.807) is 17.4 Å². The largest absolute Gasteiger partial charge is 0.294 e. The number of halogens is 1. The van der Waals surface area contributed by atoms with Crippen molar-refractivity contribution in [1.82, 2.24) is 14.4 Å². The second-order valence-electron chi connectivity index (χ2n) is 4.82. The number of hydrogen-bond donors (Lipinski definition) is 0. The van der Waals surface area contributed by atoms with E-state index in [1.807, 2.05) is 6.20 Å². The molecule has 96 valence electrons. The summed E-state index contributed by atoms with van der Waals surface area (Å²) in [5.41, 5.74) is 2.94. The van der Waals surface area contributed by atoms with Crippen molar-refractivity contribution in [3.63, 3.8) is 0 Å². The number of imidazole rings is 1. The van der Waals surface area contributed by atoms with E-state index in [0.717, 1.165) is 22.8 Å². The topological polar surface area (TPSA) is 30.2 Å². The Balaban J connectivity index is 1.84. The van der Waals surface area contributed by atoms with Crippen LogP contribution >= 0.6 is 11.3 Å². The molecule has 0 bridgehead atoms. The Bertz CT molecular complexity index is 742. The van der Waals surface area contributed by atoms with Crippen LogP contribution in [0.25, 0.3) is 16.3 Å². The fraction of sp³-hybridized carbons (Fsp3) is 0.286. The third-order valence-corrected chi connectivity index (χ3v) is 4.71. The lowest BCUT2D eigenvalue weighted by Crippen LogP contribution is -2.01. The van der Waals surface area contributed by atoms with E-state index in [0.29, 0.717) is 0 Å². The summed E-state index contributed by atoms with van der Waals surface area (Å²) in [6.07, 6.45) is 8.09. The number of rotatable bonds is 1. The van der Waals surface area contributed by atoms with Gasteiger partial charge < -0.3 is 0 Å². The molecule has 0 saturated carbocycles. The van der Waals surface area contributed by atoms with E-state index in [9.17, 15) is 4.39 Å². The van der Waals surface area contributed by atoms with Crippen LogP contribution in [0.1, 0.15) is 23.4 Å². The molecule has 1 aliphatic carbocycles. The van der Waals surface area contributed by atoms with Gasteiger partial charge in [0.2, 0.25) is 0 Å². The highest BCUT2D eigenvalue weighted by molar-refractivity contribution is 7.17. The zero-order valence-corrected chi connectivity index (χ0v) is 11.1. The van der Waals surface area contributed by atoms with E-state index in [1.165, 1.54) is 42.1 Å². The molecular formula is C14H12FN3S. The van der Waals surface area contributed by atoms with Gasteiger partial charge in [0.1, 0.15) is 11.5 Å². The maximum absolute atomic E-state index is 12.9. The molecule has 0 aliphatic heterocycles. The molecule has 0 atom stereocenters. The Morgan fingerprint density at radius 1 is 1.16 bits per heavy atom. The molecule has 3 aromatic heterocycles. The summed E-state index contributed by atoms with van der Waals surface area (Å²) in [6, 6.07) is 3.10. The first-order chi connectivity index (χ1) is 9.31. The minimum absolute atomic E-state index is 0.317. The third kappa shape index (κ3) is 1.76. The van der Waals surface area contributed by atoms with Gasteiger partial charge >= 0.3 is 0 Å². The Labute approximate surface area is 113 Å². The van der Waals surface area contributed by atoms with Gasteiger partial charge in [-0.2, -0.15) is 0 Å². The van der Waals surface area contributed by atoms with Crippen molar-refractivity contribution in [2.45, 2.75) is 25.7 Å². The molecule has 0 radical (unpaired) electrons. The van der Waals surface area contributed by atoms with Crippen molar-refractivity contribution in [1.29, 1.82) is 0 Å². The molecule has 0 unspecified atom stereocenters. The van der Waals surface area contributed by atoms with Gasteiger partial charge in [-0.05, 0) is 37.8 Å². The summed E-state index contributed by atoms with van der Waals surface area (Å²) in [7, 11) is 0. The fourth-order valence-electron chi connectivity index (χ4n) is 2.62. The van der Waals surface area contributed by atoms with Crippen molar-refractivity contribution >= 4 is 16.3 Å². The van der Waals surface area contributed by atoms with Crippen LogP contribution in [-0.2, 0) is 12.8 Å². The zero-order chi connectivity index (χ0) is 12.8. The average Bonchev–Trinajstić information content (AvgIpc) is 2.97. The Morgan fingerprint density at radius 3 is 2.89 bits per heavy atom. The van der Waals surface area contributed by atoms with Crippen LogP contribution in [0, 0.1) is 5.82 Å². The first-order valence-corrected chi connectivity index (χ1v) is 7.24. The smallest absolute Gasteiger partial charge is 0.194 e. The number of aromatic nitrogens is 3. The highest BCUT2D eigenvalue weighted by Crippen LogP contribution is 2.31. The quantitative estimate of drug-likeness (QED) is 0.679. The lowest BCUT2D eigenvalue weighted by Gasteiger charge is -2.09. The lowest BCUT2D eigenvalue weighted by atomic mass is 10.0. The molecule has 0 fully saturated rings. The van der Waals surface area contributed by atoms with Crippen LogP contribution < -0.4 is 0 Å². The Kier molecular flexibility index (Phi) is 2.41. The summed E-state index contributed by atoms with van der Waals surface area (Å²) in [4.78, 5) is 11.2. The van der Waals surface area contributed by atoms with E-state index in [2.05, 4.69) is 14.4 Å². The van der Waals surface area contributed by atoms with Crippen LogP contribution in [0.2, 0.25) is 0 Å². The highest BCUT2D eigenvalue weighted by atomic mass is 32.1. The van der Waals surface area contributed by atoms with Gasteiger partial charge in [-0.25, -0.2) is 9.37 Å². The number of pyridine rings is 1. The highest BCUT2D eigenvalue weighted by Gasteiger charge is 2.18. The fourth-order valence-corrected chi connectivity index (χ4v) is 3.81. The first-order valence-electron chi connectivity index (χ1n) is 6.43. The number of fused-ring (bicyclic) bond motifs is 3. The molecule has 0 N–H and O–H groups in total. The molecule has 0 spiro atoms. The van der Waals surface area contributed by atoms with Crippen molar-refractivity contribution in [2.75, 3.05) is 0 Å². The molecule has 0 saturated heterocycles. The summed E-state index contributed by atoms with van der Waals surface area (Å²) >= 11 is 1.77. The molecule has 3 nitrogen and oxygen atoms in total. The van der Waals surface area contributed by atoms with Crippen LogP contribution in [-0.4, -0.2) is 14.4 Å². The van der Waals surface area contributed by atoms with Gasteiger partial charge in [-0.1, -0.05) is 0 Å². The summed E-state index contributed by atoms with van der Waals surface area (Å²) < 4.78 is 15.1. The van der Waals surface area contributed by atoms with E-state index < -0.39 is 0 Å². The Morgan fingerprint density at radius 2 is 2.05 bits per heavy atom. The number of aryl methyl sites for hydroxylation is 2. The molecule has 0 amide bonds. The third-order valence-electron chi connectivity index (χ3n) is 3.56. The summed E-state index contributed by atoms with van der Waals surface area (Å²) in [5, 5.41) is 0. The standard InChI is InChI=1S/C14H12FN3S/c15-9-5-6-10(16-7-9)11-8-18-12-3-1-2-4-13(12)19-14(18)17-11/h5-8H,1-4H2. The molecule has 5 heteroatoms. The maximum Gasteiger partial charge on any atom is 0.194 e. The number of thiazole rings is 1. The SMILES string of the molecule is Fc1ccc(-c2cn3c4c(sc3n2)CCCC4)nc1. The minimum Gasteiger partial charge on any atom is -0.294 e. The lowest BCUT2D eigenvalue weighted by molar-refractivity contribution is 0.622. The van der Waals surface area contributed by atoms with Gasteiger partial charge in [-0.15, -0.1) is 11.3 Å². The van der Waals surface area contributed by atoms with Gasteiger partial charge in [0.15, 0.2) is 4.96 Å². The van der Waals surface area contributed by atoms with Gasteiger partial charge in [0.05, 0.1) is 11.9 Å². The van der Waals surface area contributed by atoms with Crippen molar-refractivity contribution < 1.29 is 4.39 Å². The van der Waals surface area contributed by atoms with E-state index in [4.69, 9.17) is 0 Å². The normalized spacial score (nSPS) is 14.8. The minimum atomic E-state index is -0.317. The average molecular weight is 273 g/mol. The predicted octanol–water partition coefficient (Wildman–Crippen LogP) is 3.48. The monoisotopic (exact) mass is 273 g/mol. The van der Waals surface area contributed by atoms with E-state index >= 15 is 0 Å². The van der Waals surface area contributed by atoms with Crippen molar-refractivity contribution in [3.8, 4) is 11.4 Å². The van der Waals surface area contributed by atoms with Crippen molar-refractivity contribution in [3.05, 3.63) is 40.9 Å². The molecule has 3 aromatic rings. The first kappa shape index (κ1) is 11.1. The molecule has 3 heterocycles. The summed E-state index contributed by atoms with van der Waals surface area (Å²) in [5.74, 6) is -0.317. The number of nitrogens with zero attached hydrogens (tertiary/aromatic N) is 3. The van der Waals surface area contributed by atoms with Crippen molar-refractivity contribution in [2.24, 2.45) is 0 Å². The Hall–Kier alpha value is -1.75. The van der Waals surface area contributed by atoms with Gasteiger partial charge in [-0.3, -0.25) is 9.38 Å². The van der Waals surface area contributed by atoms with Gasteiger partial charge in [0, 0.05) is 16.8 Å². The van der Waals surface area contributed by atoms with Crippen LogP contribution in [0.3, 0.4) is 0 Å². The molecular weight excluding hydrogens is 261 g/mol. The van der Waals surface area contributed by atoms with Crippen LogP contribution in [0.15, 0.2) is 24.5 Å². The predicted molar refractivity (Wildman–Crippen MR) is 72.9 cm³/mol. The maximum atomic E-state index is 12.9. The second kappa shape index (κ2) is 4.13. The van der Waals surface area contributed by atoms with Gasteiger partial charge in [0.25, 0.3) is 0 Å².